The normalized spacial score (nSPS) is 14.7. The van der Waals surface area contributed by atoms with Crippen molar-refractivity contribution in [1.82, 2.24) is 19.3 Å². The summed E-state index contributed by atoms with van der Waals surface area (Å²) in [5.74, 6) is 0.468. The molecule has 2 N–H and O–H groups in total. The molecule has 1 aliphatic heterocycles. The predicted octanol–water partition coefficient (Wildman–Crippen LogP) is 3.52. The topological polar surface area (TPSA) is 118 Å². The van der Waals surface area contributed by atoms with Crippen LogP contribution in [0.4, 0.5) is 17.3 Å². The van der Waals surface area contributed by atoms with Crippen LogP contribution in [0.25, 0.3) is 22.3 Å². The molecule has 0 spiro atoms. The highest BCUT2D eigenvalue weighted by Crippen LogP contribution is 2.29. The lowest BCUT2D eigenvalue weighted by Gasteiger charge is -2.34. The molecule has 0 saturated carbocycles. The van der Waals surface area contributed by atoms with Crippen molar-refractivity contribution >= 4 is 38.4 Å². The first-order valence-electron chi connectivity index (χ1n) is 11.3. The van der Waals surface area contributed by atoms with Crippen molar-refractivity contribution in [3.05, 3.63) is 66.4 Å². The average molecular weight is 488 g/mol. The number of aromatic nitrogens is 3. The van der Waals surface area contributed by atoms with E-state index in [4.69, 9.17) is 10.2 Å². The van der Waals surface area contributed by atoms with Gasteiger partial charge in [0.05, 0.1) is 24.4 Å². The largest absolute Gasteiger partial charge is 0.369 e. The molecule has 0 radical (unpaired) electrons. The van der Waals surface area contributed by atoms with Crippen LogP contribution in [-0.2, 0) is 16.4 Å². The van der Waals surface area contributed by atoms with Crippen LogP contribution in [-0.4, -0.2) is 60.1 Å². The predicted molar refractivity (Wildman–Crippen MR) is 137 cm³/mol. The number of nitrogens with one attached hydrogen (secondary N) is 2. The second-order valence-electron chi connectivity index (χ2n) is 8.49. The Bertz CT molecular complexity index is 1500. The van der Waals surface area contributed by atoms with Gasteiger partial charge in [0.25, 0.3) is 0 Å². The molecule has 1 aliphatic rings. The quantitative estimate of drug-likeness (QED) is 0.427. The summed E-state index contributed by atoms with van der Waals surface area (Å²) in [7, 11) is -3.15. The van der Waals surface area contributed by atoms with Crippen LogP contribution in [0.1, 0.15) is 5.56 Å². The van der Waals surface area contributed by atoms with Gasteiger partial charge in [0.15, 0.2) is 0 Å². The Balaban J connectivity index is 1.36. The highest BCUT2D eigenvalue weighted by atomic mass is 32.2. The summed E-state index contributed by atoms with van der Waals surface area (Å²) in [4.78, 5) is 14.7. The van der Waals surface area contributed by atoms with E-state index in [-0.39, 0.29) is 0 Å². The highest BCUT2D eigenvalue weighted by molar-refractivity contribution is 7.88. The fourth-order valence-corrected chi connectivity index (χ4v) is 5.13. The van der Waals surface area contributed by atoms with Gasteiger partial charge >= 0.3 is 0 Å². The van der Waals surface area contributed by atoms with Crippen molar-refractivity contribution in [3.63, 3.8) is 0 Å². The Labute approximate surface area is 204 Å². The Morgan fingerprint density at radius 1 is 1.06 bits per heavy atom. The van der Waals surface area contributed by atoms with Crippen LogP contribution in [0.5, 0.6) is 0 Å². The van der Waals surface area contributed by atoms with E-state index >= 15 is 0 Å². The first-order valence-corrected chi connectivity index (χ1v) is 13.1. The van der Waals surface area contributed by atoms with E-state index in [2.05, 4.69) is 26.3 Å². The van der Waals surface area contributed by atoms with Gasteiger partial charge in [0.2, 0.25) is 16.0 Å². The molecule has 3 heterocycles. The molecule has 4 aromatic rings. The third kappa shape index (κ3) is 4.96. The smallest absolute Gasteiger partial charge is 0.229 e. The van der Waals surface area contributed by atoms with Crippen molar-refractivity contribution in [2.75, 3.05) is 42.7 Å². The van der Waals surface area contributed by atoms with Crippen LogP contribution < -0.4 is 10.2 Å². The van der Waals surface area contributed by atoms with Crippen molar-refractivity contribution < 1.29 is 8.42 Å². The number of piperazine rings is 1. The summed E-state index contributed by atoms with van der Waals surface area (Å²) in [5.41, 5.74) is 5.27. The Hall–Kier alpha value is -3.94. The molecule has 10 heteroatoms. The number of nitriles is 1. The maximum atomic E-state index is 11.7. The van der Waals surface area contributed by atoms with Crippen molar-refractivity contribution in [2.45, 2.75) is 6.42 Å². The minimum absolute atomic E-state index is 0.343. The van der Waals surface area contributed by atoms with Crippen molar-refractivity contribution in [2.24, 2.45) is 0 Å². The third-order valence-corrected chi connectivity index (χ3v) is 7.40. The Kier molecular flexibility index (Phi) is 6.11. The number of anilines is 3. The minimum atomic E-state index is -3.15. The number of sulfonamides is 1. The van der Waals surface area contributed by atoms with E-state index in [9.17, 15) is 8.42 Å². The number of H-pyrrole nitrogens is 1. The molecule has 1 fully saturated rings. The van der Waals surface area contributed by atoms with Gasteiger partial charge in [0.1, 0.15) is 5.65 Å². The van der Waals surface area contributed by atoms with E-state index in [1.807, 2.05) is 60.8 Å². The molecule has 1 saturated heterocycles. The average Bonchev–Trinajstić information content (AvgIpc) is 3.33. The molecule has 0 amide bonds. The number of hydrogen-bond donors (Lipinski definition) is 2. The first-order chi connectivity index (χ1) is 16.9. The summed E-state index contributed by atoms with van der Waals surface area (Å²) >= 11 is 0. The van der Waals surface area contributed by atoms with Gasteiger partial charge in [-0.2, -0.15) is 14.6 Å². The molecule has 178 valence electrons. The molecule has 0 bridgehead atoms. The number of fused-ring (bicyclic) bond motifs is 1. The molecule has 0 unspecified atom stereocenters. The Morgan fingerprint density at radius 3 is 2.54 bits per heavy atom. The molecular formula is C25H25N7O2S. The summed E-state index contributed by atoms with van der Waals surface area (Å²) in [6.07, 6.45) is 3.43. The van der Waals surface area contributed by atoms with E-state index < -0.39 is 10.0 Å². The second kappa shape index (κ2) is 9.37. The van der Waals surface area contributed by atoms with E-state index in [1.165, 1.54) is 10.6 Å². The zero-order valence-electron chi connectivity index (χ0n) is 19.3. The molecule has 2 aromatic heterocycles. The third-order valence-electron chi connectivity index (χ3n) is 6.10. The standard InChI is InChI=1S/C25H25N7O2S/c1-35(33,34)32-15-13-31(14-16-32)21-7-5-20(6-8-21)28-25-29-23(22-10-12-27-24(22)30-25)19-4-2-3-18(17-19)9-11-26/h2-8,10,12,17H,9,13-16H2,1H3,(H2,27,28,29,30). The fraction of sp³-hybridized carbons (Fsp3) is 0.240. The maximum absolute atomic E-state index is 11.7. The van der Waals surface area contributed by atoms with Gasteiger partial charge in [-0.3, -0.25) is 0 Å². The van der Waals surface area contributed by atoms with Crippen molar-refractivity contribution in [1.29, 1.82) is 5.26 Å². The number of rotatable bonds is 6. The zero-order chi connectivity index (χ0) is 24.4. The van der Waals surface area contributed by atoms with Gasteiger partial charge < -0.3 is 15.2 Å². The van der Waals surface area contributed by atoms with Crippen LogP contribution in [0.15, 0.2) is 60.8 Å². The lowest BCUT2D eigenvalue weighted by atomic mass is 10.0. The summed E-state index contributed by atoms with van der Waals surface area (Å²) < 4.78 is 25.0. The molecule has 2 aromatic carbocycles. The fourth-order valence-electron chi connectivity index (χ4n) is 4.30. The maximum Gasteiger partial charge on any atom is 0.229 e. The van der Waals surface area contributed by atoms with Gasteiger partial charge in [-0.25, -0.2) is 13.4 Å². The summed E-state index contributed by atoms with van der Waals surface area (Å²) in [6.45, 7) is 2.28. The van der Waals surface area contributed by atoms with Crippen molar-refractivity contribution in [3.8, 4) is 17.3 Å². The number of benzene rings is 2. The van der Waals surface area contributed by atoms with Gasteiger partial charge in [-0.1, -0.05) is 18.2 Å². The molecule has 5 rings (SSSR count). The Morgan fingerprint density at radius 2 is 1.83 bits per heavy atom. The number of aromatic amines is 1. The van der Waals surface area contributed by atoms with Gasteiger partial charge in [0, 0.05) is 54.7 Å². The lowest BCUT2D eigenvalue weighted by Crippen LogP contribution is -2.48. The van der Waals surface area contributed by atoms with Crippen LogP contribution in [0.3, 0.4) is 0 Å². The molecule has 0 aliphatic carbocycles. The number of hydrogen-bond acceptors (Lipinski definition) is 7. The zero-order valence-corrected chi connectivity index (χ0v) is 20.1. The molecular weight excluding hydrogens is 462 g/mol. The highest BCUT2D eigenvalue weighted by Gasteiger charge is 2.23. The second-order valence-corrected chi connectivity index (χ2v) is 10.5. The van der Waals surface area contributed by atoms with Crippen LogP contribution in [0, 0.1) is 11.3 Å². The minimum Gasteiger partial charge on any atom is -0.369 e. The van der Waals surface area contributed by atoms with Crippen LogP contribution in [0.2, 0.25) is 0 Å². The summed E-state index contributed by atoms with van der Waals surface area (Å²) in [6, 6.07) is 19.9. The SMILES string of the molecule is CS(=O)(=O)N1CCN(c2ccc(Nc3nc(-c4cccc(CC#N)c4)c4cc[nH]c4n3)cc2)CC1. The molecule has 9 nitrogen and oxygen atoms in total. The monoisotopic (exact) mass is 487 g/mol. The molecule has 0 atom stereocenters. The van der Waals surface area contributed by atoms with Gasteiger partial charge in [-0.05, 0) is 42.0 Å². The summed E-state index contributed by atoms with van der Waals surface area (Å²) in [5, 5.41) is 13.3. The van der Waals surface area contributed by atoms with Crippen LogP contribution >= 0.6 is 0 Å². The number of nitrogens with zero attached hydrogens (tertiary/aromatic N) is 5. The lowest BCUT2D eigenvalue weighted by molar-refractivity contribution is 0.388. The van der Waals surface area contributed by atoms with E-state index in [0.29, 0.717) is 38.5 Å². The van der Waals surface area contributed by atoms with E-state index in [0.717, 1.165) is 39.2 Å². The molecule has 35 heavy (non-hydrogen) atoms. The first kappa shape index (κ1) is 22.8. The van der Waals surface area contributed by atoms with Gasteiger partial charge in [-0.15, -0.1) is 0 Å². The van der Waals surface area contributed by atoms with E-state index in [1.54, 1.807) is 0 Å².